The number of hydrogen-bond acceptors (Lipinski definition) is 2. The van der Waals surface area contributed by atoms with Crippen LogP contribution in [0.2, 0.25) is 0 Å². The Morgan fingerprint density at radius 1 is 1.33 bits per heavy atom. The van der Waals surface area contributed by atoms with Crippen molar-refractivity contribution in [1.82, 2.24) is 4.57 Å². The van der Waals surface area contributed by atoms with Crippen molar-refractivity contribution >= 4 is 11.6 Å². The predicted octanol–water partition coefficient (Wildman–Crippen LogP) is 2.77. The van der Waals surface area contributed by atoms with Gasteiger partial charge in [-0.2, -0.15) is 0 Å². The number of nitrogens with zero attached hydrogens (tertiary/aromatic N) is 1. The largest absolute Gasteiger partial charge is 0.508 e. The number of amides is 1. The lowest BCUT2D eigenvalue weighted by atomic mass is 10.2. The zero-order valence-corrected chi connectivity index (χ0v) is 10.5. The Morgan fingerprint density at radius 2 is 2.11 bits per heavy atom. The van der Waals surface area contributed by atoms with E-state index in [-0.39, 0.29) is 11.7 Å². The second kappa shape index (κ2) is 4.96. The van der Waals surface area contributed by atoms with Crippen LogP contribution in [0.3, 0.4) is 0 Å². The van der Waals surface area contributed by atoms with E-state index in [1.165, 1.54) is 0 Å². The predicted molar refractivity (Wildman–Crippen MR) is 70.9 cm³/mol. The van der Waals surface area contributed by atoms with Gasteiger partial charge in [0, 0.05) is 24.0 Å². The molecule has 1 aromatic carbocycles. The third-order valence-electron chi connectivity index (χ3n) is 2.96. The van der Waals surface area contributed by atoms with Crippen LogP contribution in [0.1, 0.15) is 23.0 Å². The number of anilines is 1. The van der Waals surface area contributed by atoms with Crippen molar-refractivity contribution in [3.63, 3.8) is 0 Å². The van der Waals surface area contributed by atoms with Gasteiger partial charge in [0.25, 0.3) is 5.91 Å². The van der Waals surface area contributed by atoms with Crippen LogP contribution in [-0.2, 0) is 6.54 Å². The van der Waals surface area contributed by atoms with Crippen LogP contribution in [0.5, 0.6) is 5.75 Å². The lowest BCUT2D eigenvalue weighted by molar-refractivity contribution is 0.101. The molecule has 0 saturated heterocycles. The summed E-state index contributed by atoms with van der Waals surface area (Å²) in [4.78, 5) is 12.1. The van der Waals surface area contributed by atoms with E-state index >= 15 is 0 Å². The number of benzene rings is 1. The van der Waals surface area contributed by atoms with E-state index in [4.69, 9.17) is 0 Å². The number of phenolic OH excluding ortho intramolecular Hbond substituents is 1. The van der Waals surface area contributed by atoms with Gasteiger partial charge < -0.3 is 15.0 Å². The SMILES string of the molecule is CCn1cccc1C(=O)Nc1cccc(O)c1C. The molecule has 1 amide bonds. The van der Waals surface area contributed by atoms with Crippen molar-refractivity contribution in [3.05, 3.63) is 47.8 Å². The molecular formula is C14H16N2O2. The number of aromatic nitrogens is 1. The zero-order valence-electron chi connectivity index (χ0n) is 10.5. The van der Waals surface area contributed by atoms with Crippen molar-refractivity contribution in [2.75, 3.05) is 5.32 Å². The molecular weight excluding hydrogens is 228 g/mol. The Morgan fingerprint density at radius 3 is 2.83 bits per heavy atom. The number of phenols is 1. The van der Waals surface area contributed by atoms with Gasteiger partial charge in [-0.15, -0.1) is 0 Å². The van der Waals surface area contributed by atoms with Crippen molar-refractivity contribution in [3.8, 4) is 5.75 Å². The first kappa shape index (κ1) is 12.2. The van der Waals surface area contributed by atoms with E-state index in [1.54, 1.807) is 31.2 Å². The van der Waals surface area contributed by atoms with Crippen LogP contribution < -0.4 is 5.32 Å². The van der Waals surface area contributed by atoms with E-state index in [0.717, 1.165) is 6.54 Å². The summed E-state index contributed by atoms with van der Waals surface area (Å²) < 4.78 is 1.87. The smallest absolute Gasteiger partial charge is 0.272 e. The van der Waals surface area contributed by atoms with E-state index in [1.807, 2.05) is 23.8 Å². The zero-order chi connectivity index (χ0) is 13.1. The average molecular weight is 244 g/mol. The van der Waals surface area contributed by atoms with Gasteiger partial charge in [0.15, 0.2) is 0 Å². The summed E-state index contributed by atoms with van der Waals surface area (Å²) in [5.41, 5.74) is 1.91. The summed E-state index contributed by atoms with van der Waals surface area (Å²) in [5, 5.41) is 12.4. The molecule has 0 saturated carbocycles. The molecule has 0 unspecified atom stereocenters. The fraction of sp³-hybridized carbons (Fsp3) is 0.214. The van der Waals surface area contributed by atoms with Crippen LogP contribution in [0.25, 0.3) is 0 Å². The van der Waals surface area contributed by atoms with Gasteiger partial charge >= 0.3 is 0 Å². The Balaban J connectivity index is 2.24. The van der Waals surface area contributed by atoms with Gasteiger partial charge in [-0.25, -0.2) is 0 Å². The van der Waals surface area contributed by atoms with Crippen molar-refractivity contribution < 1.29 is 9.90 Å². The first-order valence-corrected chi connectivity index (χ1v) is 5.88. The maximum absolute atomic E-state index is 12.1. The third kappa shape index (κ3) is 2.22. The van der Waals surface area contributed by atoms with E-state index in [9.17, 15) is 9.90 Å². The van der Waals surface area contributed by atoms with Crippen LogP contribution in [0.15, 0.2) is 36.5 Å². The topological polar surface area (TPSA) is 54.3 Å². The Kier molecular flexibility index (Phi) is 3.37. The van der Waals surface area contributed by atoms with Crippen LogP contribution in [0, 0.1) is 6.92 Å². The summed E-state index contributed by atoms with van der Waals surface area (Å²) in [5.74, 6) is 0.00854. The molecule has 0 spiro atoms. The highest BCUT2D eigenvalue weighted by Gasteiger charge is 2.12. The Labute approximate surface area is 106 Å². The summed E-state index contributed by atoms with van der Waals surface area (Å²) in [7, 11) is 0. The molecule has 1 heterocycles. The molecule has 4 nitrogen and oxygen atoms in total. The molecule has 1 aromatic heterocycles. The lowest BCUT2D eigenvalue weighted by Crippen LogP contribution is -2.16. The standard InChI is InChI=1S/C14H16N2O2/c1-3-16-9-5-7-12(16)14(18)15-11-6-4-8-13(17)10(11)2/h4-9,17H,3H2,1-2H3,(H,15,18). The summed E-state index contributed by atoms with van der Waals surface area (Å²) in [6.07, 6.45) is 1.87. The first-order chi connectivity index (χ1) is 8.63. The van der Waals surface area contributed by atoms with Gasteiger partial charge in [0.05, 0.1) is 0 Å². The van der Waals surface area contributed by atoms with E-state index in [0.29, 0.717) is 16.9 Å². The molecule has 2 N–H and O–H groups in total. The number of carbonyl (C=O) groups is 1. The summed E-state index contributed by atoms with van der Waals surface area (Å²) in [6, 6.07) is 8.69. The molecule has 94 valence electrons. The Hall–Kier alpha value is -2.23. The average Bonchev–Trinajstić information content (AvgIpc) is 2.83. The van der Waals surface area contributed by atoms with Crippen molar-refractivity contribution in [2.24, 2.45) is 0 Å². The van der Waals surface area contributed by atoms with Crippen LogP contribution >= 0.6 is 0 Å². The second-order valence-electron chi connectivity index (χ2n) is 4.08. The number of aromatic hydroxyl groups is 1. The van der Waals surface area contributed by atoms with Gasteiger partial charge in [0.1, 0.15) is 11.4 Å². The van der Waals surface area contributed by atoms with E-state index in [2.05, 4.69) is 5.32 Å². The lowest BCUT2D eigenvalue weighted by Gasteiger charge is -2.10. The quantitative estimate of drug-likeness (QED) is 0.872. The normalized spacial score (nSPS) is 10.3. The monoisotopic (exact) mass is 244 g/mol. The van der Waals surface area contributed by atoms with Gasteiger partial charge in [0.2, 0.25) is 0 Å². The fourth-order valence-electron chi connectivity index (χ4n) is 1.84. The molecule has 0 aliphatic carbocycles. The number of rotatable bonds is 3. The second-order valence-corrected chi connectivity index (χ2v) is 4.08. The molecule has 4 heteroatoms. The summed E-state index contributed by atoms with van der Waals surface area (Å²) in [6.45, 7) is 4.50. The third-order valence-corrected chi connectivity index (χ3v) is 2.96. The first-order valence-electron chi connectivity index (χ1n) is 5.88. The maximum atomic E-state index is 12.1. The highest BCUT2D eigenvalue weighted by Crippen LogP contribution is 2.24. The van der Waals surface area contributed by atoms with Gasteiger partial charge in [-0.05, 0) is 38.1 Å². The molecule has 0 aliphatic rings. The van der Waals surface area contributed by atoms with Crippen molar-refractivity contribution in [2.45, 2.75) is 20.4 Å². The van der Waals surface area contributed by atoms with Gasteiger partial charge in [-0.1, -0.05) is 6.07 Å². The van der Waals surface area contributed by atoms with Gasteiger partial charge in [-0.3, -0.25) is 4.79 Å². The van der Waals surface area contributed by atoms with Crippen molar-refractivity contribution in [1.29, 1.82) is 0 Å². The highest BCUT2D eigenvalue weighted by molar-refractivity contribution is 6.03. The number of hydrogen-bond donors (Lipinski definition) is 2. The molecule has 0 radical (unpaired) electrons. The minimum atomic E-state index is -0.171. The fourth-order valence-corrected chi connectivity index (χ4v) is 1.84. The molecule has 0 aliphatic heterocycles. The van der Waals surface area contributed by atoms with Crippen LogP contribution in [0.4, 0.5) is 5.69 Å². The van der Waals surface area contributed by atoms with Crippen LogP contribution in [-0.4, -0.2) is 15.6 Å². The highest BCUT2D eigenvalue weighted by atomic mass is 16.3. The molecule has 2 rings (SSSR count). The minimum absolute atomic E-state index is 0.171. The summed E-state index contributed by atoms with van der Waals surface area (Å²) >= 11 is 0. The molecule has 0 atom stereocenters. The Bertz CT molecular complexity index is 573. The molecule has 0 fully saturated rings. The van der Waals surface area contributed by atoms with E-state index < -0.39 is 0 Å². The molecule has 2 aromatic rings. The molecule has 18 heavy (non-hydrogen) atoms. The number of aryl methyl sites for hydroxylation is 1. The number of nitrogens with one attached hydrogen (secondary N) is 1. The minimum Gasteiger partial charge on any atom is -0.508 e. The number of carbonyl (C=O) groups excluding carboxylic acids is 1. The maximum Gasteiger partial charge on any atom is 0.272 e. The molecule has 0 bridgehead atoms.